The fraction of sp³-hybridized carbons (Fsp3) is 0.571. The number of carbonyl (C=O) groups excluding carboxylic acids is 1. The molecule has 1 fully saturated rings. The quantitative estimate of drug-likeness (QED) is 0.592. The predicted octanol–water partition coefficient (Wildman–Crippen LogP) is 4.07. The van der Waals surface area contributed by atoms with Gasteiger partial charge in [-0.2, -0.15) is 0 Å². The Morgan fingerprint density at radius 3 is 2.57 bits per heavy atom. The largest absolute Gasteiger partial charge is 0.486 e. The van der Waals surface area contributed by atoms with Gasteiger partial charge in [-0.05, 0) is 45.7 Å². The van der Waals surface area contributed by atoms with E-state index in [4.69, 9.17) is 4.74 Å². The molecular formula is C21H30N4O2S. The van der Waals surface area contributed by atoms with Gasteiger partial charge in [-0.1, -0.05) is 42.3 Å². The fourth-order valence-electron chi connectivity index (χ4n) is 3.70. The van der Waals surface area contributed by atoms with Crippen LogP contribution in [0.3, 0.4) is 0 Å². The van der Waals surface area contributed by atoms with Crippen LogP contribution in [0.1, 0.15) is 50.9 Å². The maximum absolute atomic E-state index is 12.7. The van der Waals surface area contributed by atoms with E-state index in [1.54, 1.807) is 0 Å². The molecule has 1 aliphatic rings. The second kappa shape index (κ2) is 9.96. The number of nitrogens with zero attached hydrogens (tertiary/aromatic N) is 4. The van der Waals surface area contributed by atoms with Crippen LogP contribution in [0.5, 0.6) is 5.75 Å². The predicted molar refractivity (Wildman–Crippen MR) is 112 cm³/mol. The number of benzene rings is 1. The molecule has 3 rings (SSSR count). The van der Waals surface area contributed by atoms with Crippen molar-refractivity contribution < 1.29 is 9.53 Å². The van der Waals surface area contributed by atoms with E-state index in [2.05, 4.69) is 31.0 Å². The van der Waals surface area contributed by atoms with Crippen LogP contribution in [0, 0.1) is 6.92 Å². The third-order valence-electron chi connectivity index (χ3n) is 5.25. The standard InChI is InChI=1S/C21H30N4O2S/c1-4-24(17-8-6-7-9-17)20(26)15-28-21-23-22-19(25(21)5-2)14-27-18-12-10-16(3)11-13-18/h10-13,17H,4-9,14-15H2,1-3H3. The molecule has 152 valence electrons. The van der Waals surface area contributed by atoms with Crippen molar-refractivity contribution in [1.82, 2.24) is 19.7 Å². The molecule has 0 bridgehead atoms. The van der Waals surface area contributed by atoms with Crippen LogP contribution < -0.4 is 4.74 Å². The summed E-state index contributed by atoms with van der Waals surface area (Å²) in [6, 6.07) is 8.38. The molecule has 0 aliphatic heterocycles. The summed E-state index contributed by atoms with van der Waals surface area (Å²) in [6.07, 6.45) is 4.73. The lowest BCUT2D eigenvalue weighted by atomic mass is 10.2. The lowest BCUT2D eigenvalue weighted by Gasteiger charge is -2.27. The summed E-state index contributed by atoms with van der Waals surface area (Å²) in [7, 11) is 0. The molecule has 0 unspecified atom stereocenters. The maximum Gasteiger partial charge on any atom is 0.233 e. The summed E-state index contributed by atoms with van der Waals surface area (Å²) in [4.78, 5) is 14.7. The number of rotatable bonds is 9. The third kappa shape index (κ3) is 5.07. The van der Waals surface area contributed by atoms with E-state index in [0.717, 1.165) is 42.7 Å². The van der Waals surface area contributed by atoms with E-state index in [-0.39, 0.29) is 5.91 Å². The number of amides is 1. The van der Waals surface area contributed by atoms with Crippen LogP contribution in [-0.2, 0) is 17.9 Å². The number of thioether (sulfide) groups is 1. The number of aryl methyl sites for hydroxylation is 1. The lowest BCUT2D eigenvalue weighted by molar-refractivity contribution is -0.130. The van der Waals surface area contributed by atoms with Crippen molar-refractivity contribution in [2.45, 2.75) is 70.8 Å². The molecule has 1 aromatic carbocycles. The van der Waals surface area contributed by atoms with E-state index in [9.17, 15) is 4.79 Å². The number of carbonyl (C=O) groups is 1. The molecule has 7 heteroatoms. The minimum absolute atomic E-state index is 0.197. The van der Waals surface area contributed by atoms with Gasteiger partial charge in [-0.3, -0.25) is 4.79 Å². The van der Waals surface area contributed by atoms with Gasteiger partial charge in [0.1, 0.15) is 12.4 Å². The molecule has 0 spiro atoms. The highest BCUT2D eigenvalue weighted by Gasteiger charge is 2.25. The molecule has 0 atom stereocenters. The Bertz CT molecular complexity index is 769. The van der Waals surface area contributed by atoms with Crippen molar-refractivity contribution >= 4 is 17.7 Å². The van der Waals surface area contributed by atoms with Gasteiger partial charge in [0, 0.05) is 19.1 Å². The van der Waals surface area contributed by atoms with Gasteiger partial charge in [-0.15, -0.1) is 10.2 Å². The molecule has 1 amide bonds. The minimum atomic E-state index is 0.197. The van der Waals surface area contributed by atoms with Crippen molar-refractivity contribution in [1.29, 1.82) is 0 Å². The first-order valence-corrected chi connectivity index (χ1v) is 11.1. The van der Waals surface area contributed by atoms with E-state index in [1.165, 1.54) is 30.2 Å². The molecule has 28 heavy (non-hydrogen) atoms. The topological polar surface area (TPSA) is 60.3 Å². The van der Waals surface area contributed by atoms with Gasteiger partial charge < -0.3 is 14.2 Å². The average Bonchev–Trinajstić information content (AvgIpc) is 3.36. The van der Waals surface area contributed by atoms with Crippen molar-refractivity contribution in [3.63, 3.8) is 0 Å². The normalized spacial score (nSPS) is 14.4. The highest BCUT2D eigenvalue weighted by molar-refractivity contribution is 7.99. The highest BCUT2D eigenvalue weighted by atomic mass is 32.2. The second-order valence-electron chi connectivity index (χ2n) is 7.15. The first kappa shape index (κ1) is 20.7. The van der Waals surface area contributed by atoms with Crippen molar-refractivity contribution in [3.05, 3.63) is 35.7 Å². The monoisotopic (exact) mass is 402 g/mol. The van der Waals surface area contributed by atoms with Gasteiger partial charge >= 0.3 is 0 Å². The van der Waals surface area contributed by atoms with Gasteiger partial charge in [0.15, 0.2) is 11.0 Å². The van der Waals surface area contributed by atoms with Gasteiger partial charge in [0.2, 0.25) is 5.91 Å². The Hall–Kier alpha value is -2.02. The molecule has 1 aromatic heterocycles. The van der Waals surface area contributed by atoms with E-state index in [1.807, 2.05) is 33.7 Å². The third-order valence-corrected chi connectivity index (χ3v) is 6.20. The summed E-state index contributed by atoms with van der Waals surface area (Å²) in [5, 5.41) is 9.35. The summed E-state index contributed by atoms with van der Waals surface area (Å²) >= 11 is 1.47. The van der Waals surface area contributed by atoms with Crippen LogP contribution in [0.2, 0.25) is 0 Å². The molecule has 2 aromatic rings. The smallest absolute Gasteiger partial charge is 0.233 e. The lowest BCUT2D eigenvalue weighted by Crippen LogP contribution is -2.39. The first-order chi connectivity index (χ1) is 13.6. The fourth-order valence-corrected chi connectivity index (χ4v) is 4.60. The van der Waals surface area contributed by atoms with Crippen molar-refractivity contribution in [3.8, 4) is 5.75 Å². The van der Waals surface area contributed by atoms with Crippen LogP contribution in [0.25, 0.3) is 0 Å². The summed E-state index contributed by atoms with van der Waals surface area (Å²) in [6.45, 7) is 8.06. The minimum Gasteiger partial charge on any atom is -0.486 e. The van der Waals surface area contributed by atoms with E-state index >= 15 is 0 Å². The molecule has 1 saturated carbocycles. The zero-order valence-electron chi connectivity index (χ0n) is 17.1. The summed E-state index contributed by atoms with van der Waals surface area (Å²) in [5.74, 6) is 2.20. The zero-order valence-corrected chi connectivity index (χ0v) is 17.9. The Kier molecular flexibility index (Phi) is 7.36. The Morgan fingerprint density at radius 2 is 1.93 bits per heavy atom. The second-order valence-corrected chi connectivity index (χ2v) is 8.09. The van der Waals surface area contributed by atoms with Crippen LogP contribution in [0.15, 0.2) is 29.4 Å². The highest BCUT2D eigenvalue weighted by Crippen LogP contribution is 2.25. The van der Waals surface area contributed by atoms with Gasteiger partial charge in [0.05, 0.1) is 5.75 Å². The number of aromatic nitrogens is 3. The Balaban J connectivity index is 1.58. The number of ether oxygens (including phenoxy) is 1. The zero-order chi connectivity index (χ0) is 19.9. The number of hydrogen-bond acceptors (Lipinski definition) is 5. The Morgan fingerprint density at radius 1 is 1.21 bits per heavy atom. The molecular weight excluding hydrogens is 372 g/mol. The molecule has 0 N–H and O–H groups in total. The molecule has 6 nitrogen and oxygen atoms in total. The van der Waals surface area contributed by atoms with Gasteiger partial charge in [0.25, 0.3) is 0 Å². The average molecular weight is 403 g/mol. The molecule has 1 aliphatic carbocycles. The van der Waals surface area contributed by atoms with Crippen molar-refractivity contribution in [2.75, 3.05) is 12.3 Å². The summed E-state index contributed by atoms with van der Waals surface area (Å²) in [5.41, 5.74) is 1.20. The molecule has 0 saturated heterocycles. The van der Waals surface area contributed by atoms with Crippen LogP contribution >= 0.6 is 11.8 Å². The van der Waals surface area contributed by atoms with Crippen LogP contribution in [0.4, 0.5) is 0 Å². The van der Waals surface area contributed by atoms with Crippen LogP contribution in [-0.4, -0.2) is 43.9 Å². The van der Waals surface area contributed by atoms with Crippen molar-refractivity contribution in [2.24, 2.45) is 0 Å². The van der Waals surface area contributed by atoms with Gasteiger partial charge in [-0.25, -0.2) is 0 Å². The van der Waals surface area contributed by atoms with E-state index in [0.29, 0.717) is 18.4 Å². The SMILES string of the molecule is CCN(C(=O)CSc1nnc(COc2ccc(C)cc2)n1CC)C1CCCC1. The summed E-state index contributed by atoms with van der Waals surface area (Å²) < 4.78 is 7.87. The Labute approximate surface area is 171 Å². The number of hydrogen-bond donors (Lipinski definition) is 0. The first-order valence-electron chi connectivity index (χ1n) is 10.2. The van der Waals surface area contributed by atoms with E-state index < -0.39 is 0 Å². The molecule has 1 heterocycles. The maximum atomic E-state index is 12.7. The molecule has 0 radical (unpaired) electrons.